The van der Waals surface area contributed by atoms with Crippen LogP contribution in [-0.2, 0) is 12.0 Å². The second-order valence-corrected chi connectivity index (χ2v) is 5.09. The van der Waals surface area contributed by atoms with Gasteiger partial charge in [0.25, 0.3) is 0 Å². The van der Waals surface area contributed by atoms with Crippen LogP contribution in [0.25, 0.3) is 0 Å². The molecule has 0 saturated heterocycles. The van der Waals surface area contributed by atoms with E-state index in [2.05, 4.69) is 36.1 Å². The molecule has 0 radical (unpaired) electrons. The highest BCUT2D eigenvalue weighted by Crippen LogP contribution is 2.26. The summed E-state index contributed by atoms with van der Waals surface area (Å²) in [6.45, 7) is 8.63. The summed E-state index contributed by atoms with van der Waals surface area (Å²) in [7, 11) is 0. The zero-order chi connectivity index (χ0) is 12.6. The summed E-state index contributed by atoms with van der Waals surface area (Å²) in [5, 5.41) is 7.98. The maximum absolute atomic E-state index is 5.86. The molecule has 6 heteroatoms. The second-order valence-electron chi connectivity index (χ2n) is 5.09. The van der Waals surface area contributed by atoms with Gasteiger partial charge < -0.3 is 10.2 Å². The normalized spacial score (nSPS) is 12.0. The van der Waals surface area contributed by atoms with E-state index < -0.39 is 0 Å². The molecule has 0 aliphatic carbocycles. The van der Waals surface area contributed by atoms with Gasteiger partial charge in [-0.15, -0.1) is 5.10 Å². The molecule has 6 nitrogen and oxygen atoms in total. The van der Waals surface area contributed by atoms with Crippen LogP contribution in [0.1, 0.15) is 37.9 Å². The highest BCUT2D eigenvalue weighted by molar-refractivity contribution is 5.38. The Kier molecular flexibility index (Phi) is 2.65. The molecule has 17 heavy (non-hydrogen) atoms. The van der Waals surface area contributed by atoms with Gasteiger partial charge in [0.1, 0.15) is 11.5 Å². The van der Waals surface area contributed by atoms with Crippen molar-refractivity contribution in [2.45, 2.75) is 39.7 Å². The number of aromatic nitrogens is 4. The minimum absolute atomic E-state index is 0.106. The summed E-state index contributed by atoms with van der Waals surface area (Å²) in [5.41, 5.74) is 7.51. The number of hydrogen-bond acceptors (Lipinski definition) is 5. The molecule has 2 aromatic rings. The van der Waals surface area contributed by atoms with Gasteiger partial charge in [-0.3, -0.25) is 0 Å². The molecule has 0 aliphatic heterocycles. The Morgan fingerprint density at radius 2 is 2.12 bits per heavy atom. The van der Waals surface area contributed by atoms with Crippen molar-refractivity contribution >= 4 is 5.82 Å². The van der Waals surface area contributed by atoms with E-state index in [9.17, 15) is 0 Å². The molecule has 0 amide bonds. The highest BCUT2D eigenvalue weighted by Gasteiger charge is 2.24. The van der Waals surface area contributed by atoms with Crippen molar-refractivity contribution in [3.8, 4) is 0 Å². The van der Waals surface area contributed by atoms with Crippen molar-refractivity contribution < 1.29 is 4.42 Å². The zero-order valence-corrected chi connectivity index (χ0v) is 10.6. The SMILES string of the molecule is Cc1ocnc1Cn1nnc(N)c1C(C)(C)C. The van der Waals surface area contributed by atoms with Crippen LogP contribution in [0.3, 0.4) is 0 Å². The first-order valence-corrected chi connectivity index (χ1v) is 5.48. The van der Waals surface area contributed by atoms with Gasteiger partial charge in [-0.25, -0.2) is 9.67 Å². The fourth-order valence-corrected chi connectivity index (χ4v) is 1.83. The van der Waals surface area contributed by atoms with Gasteiger partial charge in [0, 0.05) is 5.41 Å². The lowest BCUT2D eigenvalue weighted by atomic mass is 9.92. The van der Waals surface area contributed by atoms with Gasteiger partial charge in [-0.1, -0.05) is 26.0 Å². The van der Waals surface area contributed by atoms with E-state index >= 15 is 0 Å². The fourth-order valence-electron chi connectivity index (χ4n) is 1.83. The van der Waals surface area contributed by atoms with Gasteiger partial charge in [-0.05, 0) is 6.92 Å². The molecule has 0 atom stereocenters. The van der Waals surface area contributed by atoms with Crippen LogP contribution in [-0.4, -0.2) is 20.0 Å². The van der Waals surface area contributed by atoms with Gasteiger partial charge in [0.2, 0.25) is 0 Å². The van der Waals surface area contributed by atoms with Crippen molar-refractivity contribution in [3.05, 3.63) is 23.5 Å². The van der Waals surface area contributed by atoms with Gasteiger partial charge >= 0.3 is 0 Å². The Balaban J connectivity index is 2.38. The minimum atomic E-state index is -0.106. The molecule has 92 valence electrons. The summed E-state index contributed by atoms with van der Waals surface area (Å²) < 4.78 is 6.94. The predicted molar refractivity (Wildman–Crippen MR) is 63.5 cm³/mol. The maximum Gasteiger partial charge on any atom is 0.181 e. The van der Waals surface area contributed by atoms with E-state index in [4.69, 9.17) is 10.2 Å². The third kappa shape index (κ3) is 2.15. The van der Waals surface area contributed by atoms with E-state index in [1.807, 2.05) is 6.92 Å². The monoisotopic (exact) mass is 235 g/mol. The van der Waals surface area contributed by atoms with Gasteiger partial charge in [0.05, 0.1) is 12.2 Å². The van der Waals surface area contributed by atoms with Crippen molar-refractivity contribution in [2.24, 2.45) is 0 Å². The lowest BCUT2D eigenvalue weighted by Gasteiger charge is -2.19. The molecule has 0 fully saturated rings. The molecular weight excluding hydrogens is 218 g/mol. The van der Waals surface area contributed by atoms with E-state index in [1.54, 1.807) is 4.68 Å². The number of hydrogen-bond donors (Lipinski definition) is 1. The van der Waals surface area contributed by atoms with Crippen molar-refractivity contribution in [1.82, 2.24) is 20.0 Å². The highest BCUT2D eigenvalue weighted by atomic mass is 16.3. The average Bonchev–Trinajstić information content (AvgIpc) is 2.74. The van der Waals surface area contributed by atoms with E-state index in [0.29, 0.717) is 12.4 Å². The topological polar surface area (TPSA) is 82.8 Å². The van der Waals surface area contributed by atoms with Crippen LogP contribution in [0, 0.1) is 6.92 Å². The first-order valence-electron chi connectivity index (χ1n) is 5.48. The number of aryl methyl sites for hydroxylation is 1. The Hall–Kier alpha value is -1.85. The average molecular weight is 235 g/mol. The number of nitrogens with zero attached hydrogens (tertiary/aromatic N) is 4. The van der Waals surface area contributed by atoms with E-state index in [1.165, 1.54) is 6.39 Å². The zero-order valence-electron chi connectivity index (χ0n) is 10.6. The first kappa shape index (κ1) is 11.6. The smallest absolute Gasteiger partial charge is 0.181 e. The van der Waals surface area contributed by atoms with Crippen molar-refractivity contribution in [2.75, 3.05) is 5.73 Å². The lowest BCUT2D eigenvalue weighted by Crippen LogP contribution is -2.20. The van der Waals surface area contributed by atoms with Gasteiger partial charge in [0.15, 0.2) is 12.2 Å². The number of nitrogens with two attached hydrogens (primary N) is 1. The molecule has 0 spiro atoms. The fraction of sp³-hybridized carbons (Fsp3) is 0.545. The Morgan fingerprint density at radius 1 is 1.41 bits per heavy atom. The third-order valence-electron chi connectivity index (χ3n) is 2.62. The van der Waals surface area contributed by atoms with Crippen LogP contribution in [0.4, 0.5) is 5.82 Å². The standard InChI is InChI=1S/C11H17N5O/c1-7-8(13-6-17-7)5-16-9(11(2,3)4)10(12)14-15-16/h6H,5,12H2,1-4H3. The van der Waals surface area contributed by atoms with Crippen LogP contribution in [0.5, 0.6) is 0 Å². The molecule has 0 unspecified atom stereocenters. The molecule has 2 heterocycles. The van der Waals surface area contributed by atoms with Crippen molar-refractivity contribution in [3.63, 3.8) is 0 Å². The molecule has 2 rings (SSSR count). The molecule has 0 bridgehead atoms. The third-order valence-corrected chi connectivity index (χ3v) is 2.62. The Morgan fingerprint density at radius 3 is 2.65 bits per heavy atom. The quantitative estimate of drug-likeness (QED) is 0.852. The Bertz CT molecular complexity index is 520. The van der Waals surface area contributed by atoms with Crippen LogP contribution < -0.4 is 5.73 Å². The molecule has 0 aliphatic rings. The lowest BCUT2D eigenvalue weighted by molar-refractivity contribution is 0.492. The molecule has 0 saturated carbocycles. The number of rotatable bonds is 2. The van der Waals surface area contributed by atoms with E-state index in [0.717, 1.165) is 17.1 Å². The van der Waals surface area contributed by atoms with Crippen LogP contribution >= 0.6 is 0 Å². The summed E-state index contributed by atoms with van der Waals surface area (Å²) in [6, 6.07) is 0. The molecule has 2 N–H and O–H groups in total. The van der Waals surface area contributed by atoms with Gasteiger partial charge in [-0.2, -0.15) is 0 Å². The van der Waals surface area contributed by atoms with E-state index in [-0.39, 0.29) is 5.41 Å². The molecular formula is C11H17N5O. The number of anilines is 1. The summed E-state index contributed by atoms with van der Waals surface area (Å²) in [5.74, 6) is 1.26. The largest absolute Gasteiger partial charge is 0.448 e. The summed E-state index contributed by atoms with van der Waals surface area (Å²) in [4.78, 5) is 4.15. The van der Waals surface area contributed by atoms with Crippen LogP contribution in [0.15, 0.2) is 10.8 Å². The summed E-state index contributed by atoms with van der Waals surface area (Å²) >= 11 is 0. The maximum atomic E-state index is 5.86. The second kappa shape index (κ2) is 3.87. The molecule has 0 aromatic carbocycles. The predicted octanol–water partition coefficient (Wildman–Crippen LogP) is 1.50. The molecule has 2 aromatic heterocycles. The number of oxazole rings is 1. The summed E-state index contributed by atoms with van der Waals surface area (Å²) in [6.07, 6.45) is 1.43. The minimum Gasteiger partial charge on any atom is -0.448 e. The van der Waals surface area contributed by atoms with Crippen LogP contribution in [0.2, 0.25) is 0 Å². The number of nitrogen functional groups attached to an aromatic ring is 1. The Labute approximate surface area is 99.8 Å². The van der Waals surface area contributed by atoms with Crippen molar-refractivity contribution in [1.29, 1.82) is 0 Å². The first-order chi connectivity index (χ1) is 7.89.